The van der Waals surface area contributed by atoms with E-state index in [2.05, 4.69) is 12.2 Å². The molecule has 1 heterocycles. The van der Waals surface area contributed by atoms with E-state index in [-0.39, 0.29) is 0 Å². The predicted octanol–water partition coefficient (Wildman–Crippen LogP) is 2.35. The van der Waals surface area contributed by atoms with Crippen LogP contribution in [0.4, 0.5) is 0 Å². The Hall–Kier alpha value is -0.910. The molecule has 1 rings (SSSR count). The fourth-order valence-electron chi connectivity index (χ4n) is 1.43. The molecule has 17 heavy (non-hydrogen) atoms. The molecule has 4 nitrogen and oxygen atoms in total. The maximum Gasteiger partial charge on any atom is 0.346 e. The second kappa shape index (κ2) is 8.22. The van der Waals surface area contributed by atoms with Crippen LogP contribution in [0.1, 0.15) is 35.0 Å². The Morgan fingerprint density at radius 3 is 3.06 bits per heavy atom. The van der Waals surface area contributed by atoms with Crippen LogP contribution in [-0.4, -0.2) is 30.8 Å². The van der Waals surface area contributed by atoms with Crippen LogP contribution in [0, 0.1) is 0 Å². The third-order valence-electron chi connectivity index (χ3n) is 2.25. The quantitative estimate of drug-likeness (QED) is 0.667. The van der Waals surface area contributed by atoms with Crippen molar-refractivity contribution in [2.24, 2.45) is 0 Å². The zero-order chi connectivity index (χ0) is 12.5. The van der Waals surface area contributed by atoms with Crippen molar-refractivity contribution in [2.45, 2.75) is 26.3 Å². The molecule has 5 heteroatoms. The summed E-state index contributed by atoms with van der Waals surface area (Å²) in [5.41, 5.74) is 0.858. The van der Waals surface area contributed by atoms with Gasteiger partial charge in [-0.3, -0.25) is 0 Å². The SMILES string of the molecule is CCCOCCCNCc1ccsc1C(=O)O. The van der Waals surface area contributed by atoms with Crippen LogP contribution in [0.15, 0.2) is 11.4 Å². The van der Waals surface area contributed by atoms with Crippen molar-refractivity contribution in [2.75, 3.05) is 19.8 Å². The number of carboxylic acid groups (broad SMARTS) is 1. The summed E-state index contributed by atoms with van der Waals surface area (Å²) in [6.45, 7) is 5.11. The van der Waals surface area contributed by atoms with Crippen molar-refractivity contribution in [3.8, 4) is 0 Å². The molecule has 0 fully saturated rings. The summed E-state index contributed by atoms with van der Waals surface area (Å²) in [4.78, 5) is 11.3. The third-order valence-corrected chi connectivity index (χ3v) is 3.19. The topological polar surface area (TPSA) is 58.6 Å². The van der Waals surface area contributed by atoms with E-state index in [0.717, 1.165) is 38.2 Å². The Morgan fingerprint density at radius 2 is 2.35 bits per heavy atom. The molecule has 0 spiro atoms. The molecular weight excluding hydrogens is 238 g/mol. The lowest BCUT2D eigenvalue weighted by molar-refractivity contribution is 0.0701. The summed E-state index contributed by atoms with van der Waals surface area (Å²) >= 11 is 1.27. The van der Waals surface area contributed by atoms with Gasteiger partial charge >= 0.3 is 5.97 Å². The number of aromatic carboxylic acids is 1. The first kappa shape index (κ1) is 14.2. The second-order valence-electron chi connectivity index (χ2n) is 3.72. The first-order valence-electron chi connectivity index (χ1n) is 5.83. The normalized spacial score (nSPS) is 10.6. The van der Waals surface area contributed by atoms with Crippen molar-refractivity contribution in [3.63, 3.8) is 0 Å². The molecule has 0 aliphatic rings. The van der Waals surface area contributed by atoms with E-state index in [1.54, 1.807) is 0 Å². The standard InChI is InChI=1S/C12H19NO3S/c1-2-6-16-7-3-5-13-9-10-4-8-17-11(10)12(14)15/h4,8,13H,2-3,5-7,9H2,1H3,(H,14,15). The Balaban J connectivity index is 2.14. The van der Waals surface area contributed by atoms with Gasteiger partial charge in [0.2, 0.25) is 0 Å². The fourth-order valence-corrected chi connectivity index (χ4v) is 2.19. The summed E-state index contributed by atoms with van der Waals surface area (Å²) < 4.78 is 5.35. The fraction of sp³-hybridized carbons (Fsp3) is 0.583. The first-order valence-corrected chi connectivity index (χ1v) is 6.71. The van der Waals surface area contributed by atoms with E-state index in [1.807, 2.05) is 11.4 Å². The number of hydrogen-bond acceptors (Lipinski definition) is 4. The van der Waals surface area contributed by atoms with E-state index in [1.165, 1.54) is 11.3 Å². The summed E-state index contributed by atoms with van der Waals surface area (Å²) in [6.07, 6.45) is 2.00. The number of carboxylic acids is 1. The smallest absolute Gasteiger partial charge is 0.346 e. The third kappa shape index (κ3) is 5.30. The van der Waals surface area contributed by atoms with E-state index in [0.29, 0.717) is 11.4 Å². The van der Waals surface area contributed by atoms with Crippen molar-refractivity contribution in [1.82, 2.24) is 5.32 Å². The number of hydrogen-bond donors (Lipinski definition) is 2. The van der Waals surface area contributed by atoms with Crippen LogP contribution in [0.25, 0.3) is 0 Å². The van der Waals surface area contributed by atoms with Gasteiger partial charge in [0.25, 0.3) is 0 Å². The van der Waals surface area contributed by atoms with Gasteiger partial charge in [0, 0.05) is 19.8 Å². The van der Waals surface area contributed by atoms with Crippen LogP contribution >= 0.6 is 11.3 Å². The summed E-state index contributed by atoms with van der Waals surface area (Å²) in [7, 11) is 0. The Bertz CT molecular complexity index is 338. The van der Waals surface area contributed by atoms with Crippen molar-refractivity contribution >= 4 is 17.3 Å². The van der Waals surface area contributed by atoms with Gasteiger partial charge in [-0.05, 0) is 36.4 Å². The molecule has 0 aliphatic carbocycles. The number of rotatable bonds is 9. The van der Waals surface area contributed by atoms with Crippen molar-refractivity contribution in [3.05, 3.63) is 21.9 Å². The maximum atomic E-state index is 10.9. The molecule has 2 N–H and O–H groups in total. The van der Waals surface area contributed by atoms with E-state index < -0.39 is 5.97 Å². The maximum absolute atomic E-state index is 10.9. The van der Waals surface area contributed by atoms with Crippen molar-refractivity contribution in [1.29, 1.82) is 0 Å². The van der Waals surface area contributed by atoms with Gasteiger partial charge in [-0.2, -0.15) is 0 Å². The van der Waals surface area contributed by atoms with E-state index in [4.69, 9.17) is 9.84 Å². The molecule has 0 saturated heterocycles. The molecule has 0 bridgehead atoms. The van der Waals surface area contributed by atoms with Crippen LogP contribution in [-0.2, 0) is 11.3 Å². The monoisotopic (exact) mass is 257 g/mol. The number of carbonyl (C=O) groups is 1. The van der Waals surface area contributed by atoms with Gasteiger partial charge in [0.1, 0.15) is 4.88 Å². The highest BCUT2D eigenvalue weighted by molar-refractivity contribution is 7.12. The van der Waals surface area contributed by atoms with Gasteiger partial charge in [-0.15, -0.1) is 11.3 Å². The van der Waals surface area contributed by atoms with Crippen molar-refractivity contribution < 1.29 is 14.6 Å². The Kier molecular flexibility index (Phi) is 6.84. The molecule has 0 unspecified atom stereocenters. The average Bonchev–Trinajstić information content (AvgIpc) is 2.76. The zero-order valence-electron chi connectivity index (χ0n) is 10.1. The van der Waals surface area contributed by atoms with Crippen LogP contribution in [0.3, 0.4) is 0 Å². The molecule has 0 saturated carbocycles. The zero-order valence-corrected chi connectivity index (χ0v) is 10.9. The number of ether oxygens (including phenoxy) is 1. The Labute approximate surface area is 106 Å². The highest BCUT2D eigenvalue weighted by Crippen LogP contribution is 2.16. The summed E-state index contributed by atoms with van der Waals surface area (Å²) in [5, 5.41) is 14.0. The predicted molar refractivity (Wildman–Crippen MR) is 68.7 cm³/mol. The number of nitrogens with one attached hydrogen (secondary N) is 1. The van der Waals surface area contributed by atoms with Gasteiger partial charge in [0.15, 0.2) is 0 Å². The van der Waals surface area contributed by atoms with Crippen LogP contribution < -0.4 is 5.32 Å². The molecule has 0 aromatic carbocycles. The van der Waals surface area contributed by atoms with E-state index in [9.17, 15) is 4.79 Å². The second-order valence-corrected chi connectivity index (χ2v) is 4.64. The lowest BCUT2D eigenvalue weighted by Crippen LogP contribution is -2.17. The average molecular weight is 257 g/mol. The minimum Gasteiger partial charge on any atom is -0.477 e. The molecule has 0 atom stereocenters. The van der Waals surface area contributed by atoms with Gasteiger partial charge in [-0.25, -0.2) is 4.79 Å². The molecular formula is C12H19NO3S. The first-order chi connectivity index (χ1) is 8.25. The molecule has 0 amide bonds. The largest absolute Gasteiger partial charge is 0.477 e. The molecule has 0 radical (unpaired) electrons. The molecule has 1 aromatic rings. The molecule has 96 valence electrons. The van der Waals surface area contributed by atoms with Crippen LogP contribution in [0.5, 0.6) is 0 Å². The van der Waals surface area contributed by atoms with E-state index >= 15 is 0 Å². The van der Waals surface area contributed by atoms with Gasteiger partial charge in [-0.1, -0.05) is 6.92 Å². The minimum atomic E-state index is -0.844. The van der Waals surface area contributed by atoms with Crippen LogP contribution in [0.2, 0.25) is 0 Å². The highest BCUT2D eigenvalue weighted by Gasteiger charge is 2.10. The summed E-state index contributed by atoms with van der Waals surface area (Å²) in [6, 6.07) is 1.86. The molecule has 1 aromatic heterocycles. The summed E-state index contributed by atoms with van der Waals surface area (Å²) in [5.74, 6) is -0.844. The number of thiophene rings is 1. The highest BCUT2D eigenvalue weighted by atomic mass is 32.1. The van der Waals surface area contributed by atoms with Gasteiger partial charge < -0.3 is 15.2 Å². The lowest BCUT2D eigenvalue weighted by atomic mass is 10.2. The Morgan fingerprint density at radius 1 is 1.53 bits per heavy atom. The van der Waals surface area contributed by atoms with Gasteiger partial charge in [0.05, 0.1) is 0 Å². The molecule has 0 aliphatic heterocycles. The lowest BCUT2D eigenvalue weighted by Gasteiger charge is -2.05. The minimum absolute atomic E-state index is 0.430.